The van der Waals surface area contributed by atoms with Crippen molar-refractivity contribution in [3.63, 3.8) is 0 Å². The first-order chi connectivity index (χ1) is 10.4. The van der Waals surface area contributed by atoms with Gasteiger partial charge in [-0.25, -0.2) is 10.2 Å². The van der Waals surface area contributed by atoms with E-state index >= 15 is 0 Å². The summed E-state index contributed by atoms with van der Waals surface area (Å²) in [6.07, 6.45) is 1.86. The fourth-order valence-corrected chi connectivity index (χ4v) is 3.75. The Labute approximate surface area is 130 Å². The van der Waals surface area contributed by atoms with E-state index in [9.17, 15) is 9.59 Å². The Morgan fingerprint density at radius 3 is 2.50 bits per heavy atom. The number of rotatable bonds is 2. The van der Waals surface area contributed by atoms with Crippen molar-refractivity contribution < 1.29 is 9.59 Å². The molecule has 2 saturated carbocycles. The Bertz CT molecular complexity index is 651. The van der Waals surface area contributed by atoms with E-state index in [1.165, 1.54) is 0 Å². The van der Waals surface area contributed by atoms with Crippen LogP contribution in [0.4, 0.5) is 10.5 Å². The van der Waals surface area contributed by atoms with Crippen molar-refractivity contribution in [1.29, 1.82) is 0 Å². The monoisotopic (exact) mass is 299 g/mol. The number of hydrogen-bond donors (Lipinski definition) is 2. The molecular weight excluding hydrogens is 278 g/mol. The van der Waals surface area contributed by atoms with Crippen molar-refractivity contribution in [2.45, 2.75) is 33.6 Å². The second-order valence-corrected chi connectivity index (χ2v) is 6.90. The number of Topliss-reactive ketones (excluding diaryl/α,β-unsaturated/α-hetero) is 1. The second kappa shape index (κ2) is 4.93. The molecule has 2 N–H and O–H groups in total. The summed E-state index contributed by atoms with van der Waals surface area (Å²) in [6.45, 7) is 6.26. The molecule has 0 spiro atoms. The minimum Gasteiger partial charge on any atom is -0.307 e. The number of fused-ring (bicyclic) bond motifs is 2. The van der Waals surface area contributed by atoms with E-state index in [4.69, 9.17) is 0 Å². The molecule has 1 aromatic rings. The van der Waals surface area contributed by atoms with E-state index in [-0.39, 0.29) is 22.5 Å². The van der Waals surface area contributed by atoms with Gasteiger partial charge in [-0.05, 0) is 30.4 Å². The summed E-state index contributed by atoms with van der Waals surface area (Å²) in [5, 5.41) is 6.82. The average molecular weight is 299 g/mol. The predicted molar refractivity (Wildman–Crippen MR) is 85.7 cm³/mol. The van der Waals surface area contributed by atoms with Crippen LogP contribution in [0.15, 0.2) is 35.4 Å². The van der Waals surface area contributed by atoms with Gasteiger partial charge in [-0.3, -0.25) is 4.79 Å². The van der Waals surface area contributed by atoms with Crippen molar-refractivity contribution in [1.82, 2.24) is 5.43 Å². The number of nitrogens with one attached hydrogen (secondary N) is 2. The summed E-state index contributed by atoms with van der Waals surface area (Å²) in [5.74, 6) is 0.204. The van der Waals surface area contributed by atoms with Gasteiger partial charge >= 0.3 is 6.03 Å². The standard InChI is InChI=1S/C17H21N3O2/c1-16(2)12-9-10-17(16,3)14(21)13(12)19-20-15(22)18-11-7-5-4-6-8-11/h4-8,12H,9-10H2,1-3H3,(H2,18,20,22)/b19-13+/t12-,17+/m1/s1. The number of para-hydroxylation sites is 1. The quantitative estimate of drug-likeness (QED) is 0.823. The van der Waals surface area contributed by atoms with E-state index in [2.05, 4.69) is 29.7 Å². The zero-order valence-electron chi connectivity index (χ0n) is 13.1. The third-order valence-electron chi connectivity index (χ3n) is 5.60. The van der Waals surface area contributed by atoms with Crippen molar-refractivity contribution in [3.8, 4) is 0 Å². The fourth-order valence-electron chi connectivity index (χ4n) is 3.75. The van der Waals surface area contributed by atoms with Gasteiger partial charge in [-0.15, -0.1) is 0 Å². The van der Waals surface area contributed by atoms with Gasteiger partial charge in [0.05, 0.1) is 0 Å². The summed E-state index contributed by atoms with van der Waals surface area (Å²) < 4.78 is 0. The van der Waals surface area contributed by atoms with Crippen LogP contribution in [0.5, 0.6) is 0 Å². The van der Waals surface area contributed by atoms with E-state index in [0.717, 1.165) is 12.8 Å². The molecule has 2 aliphatic rings. The van der Waals surface area contributed by atoms with Crippen molar-refractivity contribution in [2.24, 2.45) is 21.8 Å². The smallest absolute Gasteiger partial charge is 0.307 e. The zero-order valence-corrected chi connectivity index (χ0v) is 13.1. The van der Waals surface area contributed by atoms with Crippen LogP contribution in [0.25, 0.3) is 0 Å². The molecule has 0 unspecified atom stereocenters. The molecule has 3 rings (SSSR count). The molecule has 2 bridgehead atoms. The van der Waals surface area contributed by atoms with E-state index in [0.29, 0.717) is 11.4 Å². The van der Waals surface area contributed by atoms with Gasteiger partial charge in [0.2, 0.25) is 0 Å². The van der Waals surface area contributed by atoms with Gasteiger partial charge < -0.3 is 5.32 Å². The van der Waals surface area contributed by atoms with Crippen LogP contribution in [0.1, 0.15) is 33.6 Å². The summed E-state index contributed by atoms with van der Waals surface area (Å²) >= 11 is 0. The largest absolute Gasteiger partial charge is 0.339 e. The topological polar surface area (TPSA) is 70.6 Å². The molecule has 116 valence electrons. The van der Waals surface area contributed by atoms with Gasteiger partial charge in [0.25, 0.3) is 0 Å². The molecule has 2 aliphatic carbocycles. The van der Waals surface area contributed by atoms with Crippen molar-refractivity contribution in [3.05, 3.63) is 30.3 Å². The van der Waals surface area contributed by atoms with Gasteiger partial charge in [0.15, 0.2) is 5.78 Å². The lowest BCUT2D eigenvalue weighted by Gasteiger charge is -2.31. The highest BCUT2D eigenvalue weighted by molar-refractivity contribution is 6.45. The molecular formula is C17H21N3O2. The summed E-state index contributed by atoms with van der Waals surface area (Å²) in [4.78, 5) is 24.5. The van der Waals surface area contributed by atoms with Crippen molar-refractivity contribution in [2.75, 3.05) is 5.32 Å². The molecule has 22 heavy (non-hydrogen) atoms. The lowest BCUT2D eigenvalue weighted by atomic mass is 9.70. The molecule has 0 aliphatic heterocycles. The maximum atomic E-state index is 12.6. The first-order valence-electron chi connectivity index (χ1n) is 7.61. The summed E-state index contributed by atoms with van der Waals surface area (Å²) in [5.41, 5.74) is 3.21. The molecule has 2 atom stereocenters. The van der Waals surface area contributed by atoms with Gasteiger partial charge in [0, 0.05) is 17.0 Å². The number of benzene rings is 1. The first-order valence-corrected chi connectivity index (χ1v) is 7.61. The van der Waals surface area contributed by atoms with Crippen LogP contribution in [0.2, 0.25) is 0 Å². The number of hydrogen-bond acceptors (Lipinski definition) is 3. The van der Waals surface area contributed by atoms with Crippen LogP contribution in [-0.4, -0.2) is 17.5 Å². The molecule has 0 saturated heterocycles. The average Bonchev–Trinajstić information content (AvgIpc) is 2.79. The highest BCUT2D eigenvalue weighted by atomic mass is 16.2. The lowest BCUT2D eigenvalue weighted by Crippen LogP contribution is -2.34. The Morgan fingerprint density at radius 1 is 1.23 bits per heavy atom. The normalized spacial score (nSPS) is 30.6. The molecule has 2 fully saturated rings. The van der Waals surface area contributed by atoms with Crippen LogP contribution < -0.4 is 10.7 Å². The number of hydrazone groups is 1. The first kappa shape index (κ1) is 14.8. The van der Waals surface area contributed by atoms with Crippen LogP contribution in [0.3, 0.4) is 0 Å². The summed E-state index contributed by atoms with van der Waals surface area (Å²) in [6, 6.07) is 8.70. The number of nitrogens with zero attached hydrogens (tertiary/aromatic N) is 1. The molecule has 0 radical (unpaired) electrons. The minimum absolute atomic E-state index is 0.0776. The highest BCUT2D eigenvalue weighted by Gasteiger charge is 2.65. The lowest BCUT2D eigenvalue weighted by molar-refractivity contribution is -0.123. The number of carbonyl (C=O) groups excluding carboxylic acids is 2. The second-order valence-electron chi connectivity index (χ2n) is 6.90. The van der Waals surface area contributed by atoms with Crippen LogP contribution in [0, 0.1) is 16.7 Å². The third kappa shape index (κ3) is 2.03. The van der Waals surface area contributed by atoms with Gasteiger partial charge in [-0.1, -0.05) is 39.0 Å². The third-order valence-corrected chi connectivity index (χ3v) is 5.60. The Balaban J connectivity index is 1.72. The fraction of sp³-hybridized carbons (Fsp3) is 0.471. The van der Waals surface area contributed by atoms with Crippen molar-refractivity contribution >= 4 is 23.2 Å². The van der Waals surface area contributed by atoms with Crippen LogP contribution in [-0.2, 0) is 4.79 Å². The number of amides is 2. The van der Waals surface area contributed by atoms with Crippen LogP contribution >= 0.6 is 0 Å². The number of carbonyl (C=O) groups is 2. The molecule has 2 amide bonds. The molecule has 0 heterocycles. The summed E-state index contributed by atoms with van der Waals surface area (Å²) in [7, 11) is 0. The van der Waals surface area contributed by atoms with E-state index in [1.807, 2.05) is 25.1 Å². The van der Waals surface area contributed by atoms with Gasteiger partial charge in [0.1, 0.15) is 5.71 Å². The Morgan fingerprint density at radius 2 is 1.91 bits per heavy atom. The van der Waals surface area contributed by atoms with Gasteiger partial charge in [-0.2, -0.15) is 5.10 Å². The zero-order chi connectivity index (χ0) is 16.0. The van der Waals surface area contributed by atoms with E-state index in [1.54, 1.807) is 12.1 Å². The maximum absolute atomic E-state index is 12.6. The number of urea groups is 1. The predicted octanol–water partition coefficient (Wildman–Crippen LogP) is 3.19. The Kier molecular flexibility index (Phi) is 3.31. The highest BCUT2D eigenvalue weighted by Crippen LogP contribution is 2.62. The maximum Gasteiger partial charge on any atom is 0.339 e. The number of ketones is 1. The molecule has 0 aromatic heterocycles. The van der Waals surface area contributed by atoms with E-state index < -0.39 is 6.03 Å². The molecule has 5 nitrogen and oxygen atoms in total. The number of anilines is 1. The minimum atomic E-state index is -0.433. The Hall–Kier alpha value is -2.17. The molecule has 1 aromatic carbocycles. The molecule has 5 heteroatoms. The SMILES string of the molecule is CC1(C)[C@@H]2CC[C@@]1(C)C(=O)/C2=N/NC(=O)Nc1ccccc1.